The number of ether oxygens (including phenoxy) is 1. The van der Waals surface area contributed by atoms with E-state index in [0.717, 1.165) is 29.8 Å². The van der Waals surface area contributed by atoms with Gasteiger partial charge in [0, 0.05) is 60.4 Å². The number of hydrogen-bond acceptors (Lipinski definition) is 5. The topological polar surface area (TPSA) is 91.4 Å². The Labute approximate surface area is 189 Å². The van der Waals surface area contributed by atoms with E-state index >= 15 is 0 Å². The summed E-state index contributed by atoms with van der Waals surface area (Å²) in [6, 6.07) is 5.10. The Bertz CT molecular complexity index is 978. The molecule has 1 aromatic heterocycles. The van der Waals surface area contributed by atoms with Crippen molar-refractivity contribution in [2.24, 2.45) is 17.8 Å². The summed E-state index contributed by atoms with van der Waals surface area (Å²) in [5, 5.41) is 12.0. The van der Waals surface area contributed by atoms with Gasteiger partial charge in [-0.3, -0.25) is 4.79 Å². The number of likely N-dealkylation sites (tertiary alicyclic amines) is 2. The molecule has 10 heteroatoms. The van der Waals surface area contributed by atoms with Crippen LogP contribution in [0, 0.1) is 17.8 Å². The van der Waals surface area contributed by atoms with Crippen LogP contribution in [0.5, 0.6) is 0 Å². The lowest BCUT2D eigenvalue weighted by molar-refractivity contribution is -0.135. The highest BCUT2D eigenvalue weighted by Gasteiger charge is 2.44. The fraction of sp³-hybridized carbons (Fsp3) is 0.524. The number of carbonyl (C=O) groups excluding carboxylic acids is 2. The first-order chi connectivity index (χ1) is 15.0. The maximum Gasteiger partial charge on any atom is 0.410 e. The number of fused-ring (bicyclic) bond motifs is 2. The molecule has 0 bridgehead atoms. The van der Waals surface area contributed by atoms with Crippen LogP contribution in [0.1, 0.15) is 23.4 Å². The molecule has 2 aliphatic heterocycles. The van der Waals surface area contributed by atoms with Crippen LogP contribution in [-0.4, -0.2) is 63.4 Å². The van der Waals surface area contributed by atoms with Crippen LogP contribution in [0.2, 0.25) is 10.0 Å². The minimum Gasteiger partial charge on any atom is -0.445 e. The predicted octanol–water partition coefficient (Wildman–Crippen LogP) is 2.94. The van der Waals surface area contributed by atoms with Crippen molar-refractivity contribution in [1.82, 2.24) is 25.2 Å². The lowest BCUT2D eigenvalue weighted by atomic mass is 9.89. The van der Waals surface area contributed by atoms with E-state index in [9.17, 15) is 9.59 Å². The van der Waals surface area contributed by atoms with Gasteiger partial charge in [-0.2, -0.15) is 15.4 Å². The van der Waals surface area contributed by atoms with Crippen molar-refractivity contribution in [2.75, 3.05) is 26.2 Å². The maximum absolute atomic E-state index is 13.0. The van der Waals surface area contributed by atoms with E-state index in [1.54, 1.807) is 23.1 Å². The van der Waals surface area contributed by atoms with Crippen molar-refractivity contribution in [3.8, 4) is 0 Å². The summed E-state index contributed by atoms with van der Waals surface area (Å²) in [6.07, 6.45) is 1.92. The first-order valence-corrected chi connectivity index (χ1v) is 11.3. The van der Waals surface area contributed by atoms with E-state index in [4.69, 9.17) is 27.9 Å². The summed E-state index contributed by atoms with van der Waals surface area (Å²) in [4.78, 5) is 29.3. The van der Waals surface area contributed by atoms with Crippen molar-refractivity contribution >= 4 is 35.2 Å². The van der Waals surface area contributed by atoms with Crippen LogP contribution in [-0.2, 0) is 29.0 Å². The zero-order valence-corrected chi connectivity index (χ0v) is 18.4. The SMILES string of the molecule is O=C(OCc1cc(Cl)cc(Cl)c1)N1C[C@@H]2CN(C(=O)C3CCc4n[nH]nc4C3)C[C@@H]2C1. The molecule has 0 radical (unpaired) electrons. The predicted molar refractivity (Wildman–Crippen MR) is 114 cm³/mol. The van der Waals surface area contributed by atoms with Gasteiger partial charge in [0.15, 0.2) is 0 Å². The van der Waals surface area contributed by atoms with Gasteiger partial charge in [0.2, 0.25) is 5.91 Å². The molecule has 2 fully saturated rings. The van der Waals surface area contributed by atoms with Crippen LogP contribution < -0.4 is 0 Å². The Morgan fingerprint density at radius 1 is 1.00 bits per heavy atom. The number of benzene rings is 1. The molecular formula is C21H23Cl2N5O3. The molecule has 2 amide bonds. The summed E-state index contributed by atoms with van der Waals surface area (Å²) in [7, 11) is 0. The van der Waals surface area contributed by atoms with Crippen molar-refractivity contribution in [1.29, 1.82) is 0 Å². The average Bonchev–Trinajstić information content (AvgIpc) is 3.44. The quantitative estimate of drug-likeness (QED) is 0.755. The van der Waals surface area contributed by atoms with Gasteiger partial charge in [0.05, 0.1) is 11.4 Å². The van der Waals surface area contributed by atoms with Gasteiger partial charge in [-0.05, 0) is 36.6 Å². The van der Waals surface area contributed by atoms with Crippen LogP contribution in [0.15, 0.2) is 18.2 Å². The highest BCUT2D eigenvalue weighted by Crippen LogP contribution is 2.34. The Balaban J connectivity index is 1.12. The third kappa shape index (κ3) is 4.23. The molecule has 1 unspecified atom stereocenters. The lowest BCUT2D eigenvalue weighted by Crippen LogP contribution is -2.40. The maximum atomic E-state index is 13.0. The molecule has 164 valence electrons. The molecule has 0 saturated carbocycles. The fourth-order valence-corrected chi connectivity index (χ4v) is 5.58. The number of nitrogens with zero attached hydrogens (tertiary/aromatic N) is 4. The number of nitrogens with one attached hydrogen (secondary N) is 1. The van der Waals surface area contributed by atoms with E-state index in [-0.39, 0.29) is 24.5 Å². The van der Waals surface area contributed by atoms with Gasteiger partial charge in [-0.15, -0.1) is 0 Å². The molecular weight excluding hydrogens is 441 g/mol. The molecule has 0 spiro atoms. The smallest absolute Gasteiger partial charge is 0.410 e. The molecule has 2 aromatic rings. The summed E-state index contributed by atoms with van der Waals surface area (Å²) in [5.74, 6) is 0.767. The van der Waals surface area contributed by atoms with E-state index in [2.05, 4.69) is 15.4 Å². The van der Waals surface area contributed by atoms with E-state index in [0.29, 0.717) is 54.5 Å². The molecule has 3 aliphatic rings. The standard InChI is InChI=1S/C21H23Cl2N5O3/c22-16-3-12(4-17(23)6-16)11-31-21(30)28-9-14-7-27(8-15(14)10-28)20(29)13-1-2-18-19(5-13)25-26-24-18/h3-4,6,13-15H,1-2,5,7-11H2,(H,24,25,26)/t13?,14-,15+. The molecule has 5 rings (SSSR count). The monoisotopic (exact) mass is 463 g/mol. The van der Waals surface area contributed by atoms with Crippen molar-refractivity contribution < 1.29 is 14.3 Å². The molecule has 3 atom stereocenters. The lowest BCUT2D eigenvalue weighted by Gasteiger charge is -2.27. The fourth-order valence-electron chi connectivity index (χ4n) is 5.01. The third-order valence-corrected chi connectivity index (χ3v) is 7.00. The Morgan fingerprint density at radius 2 is 1.65 bits per heavy atom. The average molecular weight is 464 g/mol. The second-order valence-electron chi connectivity index (χ2n) is 8.66. The van der Waals surface area contributed by atoms with Crippen LogP contribution >= 0.6 is 23.2 Å². The Hall–Kier alpha value is -2.32. The van der Waals surface area contributed by atoms with Crippen molar-refractivity contribution in [3.63, 3.8) is 0 Å². The number of H-pyrrole nitrogens is 1. The number of hydrogen-bond donors (Lipinski definition) is 1. The largest absolute Gasteiger partial charge is 0.445 e. The van der Waals surface area contributed by atoms with Crippen molar-refractivity contribution in [2.45, 2.75) is 25.9 Å². The van der Waals surface area contributed by atoms with E-state index < -0.39 is 0 Å². The molecule has 3 heterocycles. The van der Waals surface area contributed by atoms with Gasteiger partial charge in [0.1, 0.15) is 6.61 Å². The second kappa shape index (κ2) is 8.31. The third-order valence-electron chi connectivity index (χ3n) is 6.56. The van der Waals surface area contributed by atoms with Gasteiger partial charge < -0.3 is 14.5 Å². The summed E-state index contributed by atoms with van der Waals surface area (Å²) in [6.45, 7) is 2.74. The number of rotatable bonds is 3. The minimum atomic E-state index is -0.339. The number of aryl methyl sites for hydroxylation is 1. The van der Waals surface area contributed by atoms with Crippen LogP contribution in [0.3, 0.4) is 0 Å². The van der Waals surface area contributed by atoms with Crippen LogP contribution in [0.25, 0.3) is 0 Å². The molecule has 8 nitrogen and oxygen atoms in total. The first-order valence-electron chi connectivity index (χ1n) is 10.5. The first kappa shape index (κ1) is 20.6. The molecule has 1 aromatic carbocycles. The molecule has 1 N–H and O–H groups in total. The highest BCUT2D eigenvalue weighted by molar-refractivity contribution is 6.34. The summed E-state index contributed by atoms with van der Waals surface area (Å²) < 4.78 is 5.46. The van der Waals surface area contributed by atoms with Gasteiger partial charge >= 0.3 is 6.09 Å². The second-order valence-corrected chi connectivity index (χ2v) is 9.53. The van der Waals surface area contributed by atoms with E-state index in [1.807, 2.05) is 4.90 Å². The van der Waals surface area contributed by atoms with E-state index in [1.165, 1.54) is 0 Å². The number of aromatic nitrogens is 3. The van der Waals surface area contributed by atoms with Gasteiger partial charge in [0.25, 0.3) is 0 Å². The van der Waals surface area contributed by atoms with Gasteiger partial charge in [-0.25, -0.2) is 4.79 Å². The van der Waals surface area contributed by atoms with Gasteiger partial charge in [-0.1, -0.05) is 23.2 Å². The summed E-state index contributed by atoms with van der Waals surface area (Å²) in [5.41, 5.74) is 2.65. The Kier molecular flexibility index (Phi) is 5.52. The zero-order valence-electron chi connectivity index (χ0n) is 16.9. The van der Waals surface area contributed by atoms with Crippen LogP contribution in [0.4, 0.5) is 4.79 Å². The molecule has 2 saturated heterocycles. The normalized spacial score (nSPS) is 24.8. The number of halogens is 2. The summed E-state index contributed by atoms with van der Waals surface area (Å²) >= 11 is 12.0. The molecule has 31 heavy (non-hydrogen) atoms. The molecule has 1 aliphatic carbocycles. The zero-order chi connectivity index (χ0) is 21.5. The highest BCUT2D eigenvalue weighted by atomic mass is 35.5. The Morgan fingerprint density at radius 3 is 2.35 bits per heavy atom. The number of aromatic amines is 1. The number of amides is 2. The van der Waals surface area contributed by atoms with Crippen molar-refractivity contribution in [3.05, 3.63) is 45.2 Å². The minimum absolute atomic E-state index is 0.0259. The number of carbonyl (C=O) groups is 2.